The molecule has 0 spiro atoms. The number of nitrogens with zero attached hydrogens (tertiary/aromatic N) is 1. The van der Waals surface area contributed by atoms with Crippen molar-refractivity contribution in [2.75, 3.05) is 14.1 Å². The average Bonchev–Trinajstić information content (AvgIpc) is 1.98. The number of aliphatic carboxylic acids is 1. The van der Waals surface area contributed by atoms with E-state index < -0.39 is 5.97 Å². The molecule has 0 fully saturated rings. The number of hydrogen-bond donors (Lipinski definition) is 2. The van der Waals surface area contributed by atoms with Gasteiger partial charge in [0, 0.05) is 14.1 Å². The molecule has 0 aliphatic carbocycles. The maximum Gasteiger partial charge on any atom is 0.307 e. The standard InChI is InChI=1S/C7H12N2O2/c1-8-6(9-2)4-3-5-7(10)11/h3-4H,5H2,1-2H3,(H,8,9)(H,10,11)/b4-3-. The van der Waals surface area contributed by atoms with Crippen LogP contribution in [0.2, 0.25) is 0 Å². The Hall–Kier alpha value is -1.32. The highest BCUT2D eigenvalue weighted by Gasteiger charge is 1.90. The van der Waals surface area contributed by atoms with Crippen LogP contribution in [-0.4, -0.2) is 31.0 Å². The lowest BCUT2D eigenvalue weighted by molar-refractivity contribution is -0.135. The summed E-state index contributed by atoms with van der Waals surface area (Å²) in [5.41, 5.74) is 0. The van der Waals surface area contributed by atoms with Gasteiger partial charge in [0.25, 0.3) is 0 Å². The fourth-order valence-corrected chi connectivity index (χ4v) is 0.541. The van der Waals surface area contributed by atoms with Gasteiger partial charge in [0.15, 0.2) is 0 Å². The van der Waals surface area contributed by atoms with Crippen LogP contribution in [0.3, 0.4) is 0 Å². The molecule has 0 atom stereocenters. The second kappa shape index (κ2) is 5.46. The molecule has 0 aliphatic rings. The third-order valence-corrected chi connectivity index (χ3v) is 1.07. The number of nitrogens with one attached hydrogen (secondary N) is 1. The van der Waals surface area contributed by atoms with Gasteiger partial charge in [-0.25, -0.2) is 0 Å². The van der Waals surface area contributed by atoms with Crippen molar-refractivity contribution >= 4 is 11.8 Å². The Balaban J connectivity index is 3.81. The van der Waals surface area contributed by atoms with Gasteiger partial charge in [0.2, 0.25) is 0 Å². The molecule has 0 aromatic heterocycles. The van der Waals surface area contributed by atoms with Crippen molar-refractivity contribution < 1.29 is 9.90 Å². The van der Waals surface area contributed by atoms with Crippen LogP contribution in [-0.2, 0) is 4.79 Å². The Bertz CT molecular complexity index is 185. The number of carboxylic acid groups (broad SMARTS) is 1. The zero-order valence-corrected chi connectivity index (χ0v) is 6.66. The van der Waals surface area contributed by atoms with Gasteiger partial charge < -0.3 is 10.4 Å². The molecule has 4 heteroatoms. The molecule has 0 aromatic rings. The van der Waals surface area contributed by atoms with Crippen LogP contribution in [0.1, 0.15) is 6.42 Å². The van der Waals surface area contributed by atoms with Gasteiger partial charge in [-0.15, -0.1) is 0 Å². The summed E-state index contributed by atoms with van der Waals surface area (Å²) in [4.78, 5) is 13.9. The summed E-state index contributed by atoms with van der Waals surface area (Å²) in [5, 5.41) is 11.1. The first-order valence-corrected chi connectivity index (χ1v) is 3.23. The third-order valence-electron chi connectivity index (χ3n) is 1.07. The van der Waals surface area contributed by atoms with E-state index in [1.54, 1.807) is 26.2 Å². The predicted octanol–water partition coefficient (Wildman–Crippen LogP) is 0.265. The molecular weight excluding hydrogens is 144 g/mol. The van der Waals surface area contributed by atoms with Gasteiger partial charge in [0.05, 0.1) is 6.42 Å². The summed E-state index contributed by atoms with van der Waals surface area (Å²) in [5.74, 6) is -0.168. The monoisotopic (exact) mass is 156 g/mol. The van der Waals surface area contributed by atoms with Gasteiger partial charge in [0.1, 0.15) is 5.84 Å². The summed E-state index contributed by atoms with van der Waals surface area (Å²) in [6.07, 6.45) is 3.20. The van der Waals surface area contributed by atoms with Crippen LogP contribution in [0.25, 0.3) is 0 Å². The van der Waals surface area contributed by atoms with Gasteiger partial charge in [-0.2, -0.15) is 0 Å². The molecule has 0 unspecified atom stereocenters. The van der Waals surface area contributed by atoms with Crippen molar-refractivity contribution in [3.05, 3.63) is 12.2 Å². The van der Waals surface area contributed by atoms with E-state index in [4.69, 9.17) is 5.11 Å². The van der Waals surface area contributed by atoms with E-state index in [0.717, 1.165) is 0 Å². The number of likely N-dealkylation sites (N-methyl/N-ethyl adjacent to an activating group) is 1. The summed E-state index contributed by atoms with van der Waals surface area (Å²) < 4.78 is 0. The van der Waals surface area contributed by atoms with Crippen molar-refractivity contribution in [1.29, 1.82) is 0 Å². The summed E-state index contributed by atoms with van der Waals surface area (Å²) in [7, 11) is 3.37. The molecule has 0 saturated carbocycles. The molecule has 0 radical (unpaired) electrons. The number of aliphatic imine (C=N–C) groups is 1. The number of amidine groups is 1. The molecule has 0 heterocycles. The van der Waals surface area contributed by atoms with Crippen LogP contribution in [0.5, 0.6) is 0 Å². The SMILES string of the molecule is CN=C(/C=C\CC(=O)O)NC. The van der Waals surface area contributed by atoms with E-state index in [9.17, 15) is 4.79 Å². The Morgan fingerprint density at radius 1 is 1.73 bits per heavy atom. The Morgan fingerprint density at radius 3 is 2.73 bits per heavy atom. The molecule has 4 nitrogen and oxygen atoms in total. The Kier molecular flexibility index (Phi) is 4.81. The molecule has 11 heavy (non-hydrogen) atoms. The fourth-order valence-electron chi connectivity index (χ4n) is 0.541. The Morgan fingerprint density at radius 2 is 2.36 bits per heavy atom. The van der Waals surface area contributed by atoms with E-state index in [2.05, 4.69) is 10.3 Å². The van der Waals surface area contributed by atoms with Crippen LogP contribution < -0.4 is 5.32 Å². The van der Waals surface area contributed by atoms with Crippen LogP contribution in [0.15, 0.2) is 17.1 Å². The molecule has 62 valence electrons. The van der Waals surface area contributed by atoms with E-state index in [-0.39, 0.29) is 6.42 Å². The van der Waals surface area contributed by atoms with E-state index in [1.807, 2.05) is 0 Å². The highest BCUT2D eigenvalue weighted by molar-refractivity contribution is 5.92. The minimum Gasteiger partial charge on any atom is -0.481 e. The lowest BCUT2D eigenvalue weighted by atomic mass is 10.3. The molecule has 0 bridgehead atoms. The van der Waals surface area contributed by atoms with Gasteiger partial charge in [-0.05, 0) is 6.08 Å². The van der Waals surface area contributed by atoms with E-state index >= 15 is 0 Å². The molecule has 0 amide bonds. The molecule has 0 saturated heterocycles. The van der Waals surface area contributed by atoms with Crippen molar-refractivity contribution in [2.45, 2.75) is 6.42 Å². The zero-order valence-electron chi connectivity index (χ0n) is 6.66. The average molecular weight is 156 g/mol. The lowest BCUT2D eigenvalue weighted by Crippen LogP contribution is -2.14. The third kappa shape index (κ3) is 5.14. The normalized spacial score (nSPS) is 12.0. The molecule has 0 rings (SSSR count). The maximum absolute atomic E-state index is 10.0. The van der Waals surface area contributed by atoms with E-state index in [0.29, 0.717) is 5.84 Å². The smallest absolute Gasteiger partial charge is 0.307 e. The fraction of sp³-hybridized carbons (Fsp3) is 0.429. The number of rotatable bonds is 3. The van der Waals surface area contributed by atoms with Crippen LogP contribution in [0, 0.1) is 0 Å². The molecular formula is C7H12N2O2. The van der Waals surface area contributed by atoms with Crippen LogP contribution >= 0.6 is 0 Å². The highest BCUT2D eigenvalue weighted by atomic mass is 16.4. The van der Waals surface area contributed by atoms with Crippen molar-refractivity contribution in [3.8, 4) is 0 Å². The number of carboxylic acids is 1. The van der Waals surface area contributed by atoms with Crippen molar-refractivity contribution in [1.82, 2.24) is 5.32 Å². The Labute approximate surface area is 65.6 Å². The quantitative estimate of drug-likeness (QED) is 0.455. The first-order valence-electron chi connectivity index (χ1n) is 3.23. The van der Waals surface area contributed by atoms with Crippen LogP contribution in [0.4, 0.5) is 0 Å². The van der Waals surface area contributed by atoms with Gasteiger partial charge in [-0.1, -0.05) is 6.08 Å². The minimum atomic E-state index is -0.840. The zero-order chi connectivity index (χ0) is 8.69. The second-order valence-electron chi connectivity index (χ2n) is 1.86. The second-order valence-corrected chi connectivity index (χ2v) is 1.86. The maximum atomic E-state index is 10.0. The molecule has 0 aliphatic heterocycles. The van der Waals surface area contributed by atoms with E-state index in [1.165, 1.54) is 0 Å². The summed E-state index contributed by atoms with van der Waals surface area (Å²) >= 11 is 0. The predicted molar refractivity (Wildman–Crippen MR) is 43.8 cm³/mol. The number of hydrogen-bond acceptors (Lipinski definition) is 2. The first kappa shape index (κ1) is 9.68. The first-order chi connectivity index (χ1) is 5.20. The van der Waals surface area contributed by atoms with Crippen molar-refractivity contribution in [2.24, 2.45) is 4.99 Å². The summed E-state index contributed by atoms with van der Waals surface area (Å²) in [6.45, 7) is 0. The highest BCUT2D eigenvalue weighted by Crippen LogP contribution is 1.83. The van der Waals surface area contributed by atoms with Gasteiger partial charge >= 0.3 is 5.97 Å². The minimum absolute atomic E-state index is 0.0285. The van der Waals surface area contributed by atoms with Gasteiger partial charge in [-0.3, -0.25) is 9.79 Å². The lowest BCUT2D eigenvalue weighted by Gasteiger charge is -1.94. The molecule has 0 aromatic carbocycles. The molecule has 2 N–H and O–H groups in total. The largest absolute Gasteiger partial charge is 0.481 e. The summed E-state index contributed by atoms with van der Waals surface area (Å²) in [6, 6.07) is 0. The van der Waals surface area contributed by atoms with Crippen molar-refractivity contribution in [3.63, 3.8) is 0 Å². The topological polar surface area (TPSA) is 61.7 Å². The number of carbonyl (C=O) groups is 1.